The summed E-state index contributed by atoms with van der Waals surface area (Å²) in [7, 11) is -3.94. The molecule has 0 heterocycles. The van der Waals surface area contributed by atoms with Crippen LogP contribution in [0.5, 0.6) is 11.5 Å². The largest absolute Gasteiger partial charge is 0.494 e. The lowest BCUT2D eigenvalue weighted by atomic mass is 10.1. The van der Waals surface area contributed by atoms with Crippen LogP contribution < -0.4 is 8.92 Å². The fourth-order valence-corrected chi connectivity index (χ4v) is 3.79. The third kappa shape index (κ3) is 3.84. The van der Waals surface area contributed by atoms with Gasteiger partial charge in [-0.05, 0) is 81.1 Å². The van der Waals surface area contributed by atoms with E-state index < -0.39 is 10.1 Å². The van der Waals surface area contributed by atoms with Crippen molar-refractivity contribution in [3.05, 3.63) is 51.5 Å². The molecular weight excluding hydrogens is 348 g/mol. The van der Waals surface area contributed by atoms with Crippen molar-refractivity contribution in [1.82, 2.24) is 0 Å². The highest BCUT2D eigenvalue weighted by atomic mass is 35.5. The number of aryl methyl sites for hydroxylation is 4. The van der Waals surface area contributed by atoms with E-state index in [1.807, 2.05) is 6.92 Å². The standard InChI is InChI=1S/C18H21ClO4S/c1-6-22-16-9-12(3)17(10-11(16)2)24(20,21)23-15-7-13(4)18(19)14(5)8-15/h7-10H,6H2,1-5H3. The maximum absolute atomic E-state index is 12.7. The molecule has 0 bridgehead atoms. The average Bonchev–Trinajstić information content (AvgIpc) is 2.47. The molecule has 2 aromatic carbocycles. The minimum absolute atomic E-state index is 0.133. The fraction of sp³-hybridized carbons (Fsp3) is 0.333. The van der Waals surface area contributed by atoms with E-state index in [-0.39, 0.29) is 10.6 Å². The molecule has 2 rings (SSSR count). The Morgan fingerprint density at radius 2 is 1.50 bits per heavy atom. The first kappa shape index (κ1) is 18.6. The summed E-state index contributed by atoms with van der Waals surface area (Å²) >= 11 is 6.11. The molecule has 0 spiro atoms. The monoisotopic (exact) mass is 368 g/mol. The summed E-state index contributed by atoms with van der Waals surface area (Å²) in [5.41, 5.74) is 2.85. The second kappa shape index (κ2) is 7.03. The van der Waals surface area contributed by atoms with E-state index in [1.54, 1.807) is 52.0 Å². The van der Waals surface area contributed by atoms with Gasteiger partial charge in [0.05, 0.1) is 6.61 Å². The predicted octanol–water partition coefficient (Wildman–Crippen LogP) is 4.74. The van der Waals surface area contributed by atoms with Crippen LogP contribution in [0.15, 0.2) is 29.2 Å². The highest BCUT2D eigenvalue weighted by molar-refractivity contribution is 7.87. The summed E-state index contributed by atoms with van der Waals surface area (Å²) in [5.74, 6) is 0.924. The SMILES string of the molecule is CCOc1cc(C)c(S(=O)(=O)Oc2cc(C)c(Cl)c(C)c2)cc1C. The van der Waals surface area contributed by atoms with Crippen molar-refractivity contribution in [2.75, 3.05) is 6.61 Å². The number of hydrogen-bond donors (Lipinski definition) is 0. The Bertz CT molecular complexity index is 850. The van der Waals surface area contributed by atoms with Crippen LogP contribution >= 0.6 is 11.6 Å². The smallest absolute Gasteiger partial charge is 0.339 e. The molecule has 0 saturated carbocycles. The van der Waals surface area contributed by atoms with Gasteiger partial charge in [0.1, 0.15) is 16.4 Å². The van der Waals surface area contributed by atoms with Crippen LogP contribution in [0.1, 0.15) is 29.2 Å². The Labute approximate surface area is 148 Å². The predicted molar refractivity (Wildman–Crippen MR) is 95.8 cm³/mol. The van der Waals surface area contributed by atoms with Crippen molar-refractivity contribution in [2.24, 2.45) is 0 Å². The number of ether oxygens (including phenoxy) is 1. The summed E-state index contributed by atoms with van der Waals surface area (Å²) in [6.45, 7) is 9.54. The zero-order valence-electron chi connectivity index (χ0n) is 14.4. The lowest BCUT2D eigenvalue weighted by molar-refractivity contribution is 0.337. The first-order valence-electron chi connectivity index (χ1n) is 7.61. The molecule has 0 amide bonds. The quantitative estimate of drug-likeness (QED) is 0.715. The van der Waals surface area contributed by atoms with Crippen LogP contribution in [-0.4, -0.2) is 15.0 Å². The molecule has 6 heteroatoms. The highest BCUT2D eigenvalue weighted by Gasteiger charge is 2.22. The maximum atomic E-state index is 12.7. The number of hydrogen-bond acceptors (Lipinski definition) is 4. The van der Waals surface area contributed by atoms with E-state index in [0.29, 0.717) is 22.9 Å². The summed E-state index contributed by atoms with van der Waals surface area (Å²) in [5, 5.41) is 0.604. The summed E-state index contributed by atoms with van der Waals surface area (Å²) in [4.78, 5) is 0.133. The minimum Gasteiger partial charge on any atom is -0.494 e. The van der Waals surface area contributed by atoms with Gasteiger partial charge >= 0.3 is 10.1 Å². The maximum Gasteiger partial charge on any atom is 0.339 e. The Balaban J connectivity index is 2.43. The molecular formula is C18H21ClO4S. The van der Waals surface area contributed by atoms with Crippen LogP contribution in [0.3, 0.4) is 0 Å². The minimum atomic E-state index is -3.94. The molecule has 0 aliphatic rings. The van der Waals surface area contributed by atoms with E-state index in [0.717, 1.165) is 16.7 Å². The summed E-state index contributed by atoms with van der Waals surface area (Å²) in [6, 6.07) is 6.52. The molecule has 24 heavy (non-hydrogen) atoms. The highest BCUT2D eigenvalue weighted by Crippen LogP contribution is 2.30. The van der Waals surface area contributed by atoms with Crippen molar-refractivity contribution in [2.45, 2.75) is 39.5 Å². The lowest BCUT2D eigenvalue weighted by Gasteiger charge is -2.14. The summed E-state index contributed by atoms with van der Waals surface area (Å²) in [6.07, 6.45) is 0. The van der Waals surface area contributed by atoms with Crippen LogP contribution in [0.2, 0.25) is 5.02 Å². The molecule has 0 aliphatic carbocycles. The van der Waals surface area contributed by atoms with Gasteiger partial charge in [0.15, 0.2) is 0 Å². The van der Waals surface area contributed by atoms with Crippen molar-refractivity contribution in [1.29, 1.82) is 0 Å². The lowest BCUT2D eigenvalue weighted by Crippen LogP contribution is -2.12. The van der Waals surface area contributed by atoms with Gasteiger partial charge in [-0.15, -0.1) is 0 Å². The van der Waals surface area contributed by atoms with E-state index in [9.17, 15) is 8.42 Å². The van der Waals surface area contributed by atoms with Gasteiger partial charge in [-0.25, -0.2) is 0 Å². The van der Waals surface area contributed by atoms with Crippen molar-refractivity contribution in [3.8, 4) is 11.5 Å². The first-order valence-corrected chi connectivity index (χ1v) is 9.39. The van der Waals surface area contributed by atoms with Gasteiger partial charge in [0.25, 0.3) is 0 Å². The van der Waals surface area contributed by atoms with Crippen LogP contribution in [0.4, 0.5) is 0 Å². The third-order valence-electron chi connectivity index (χ3n) is 3.66. The molecule has 0 saturated heterocycles. The van der Waals surface area contributed by atoms with E-state index in [1.165, 1.54) is 0 Å². The first-order chi connectivity index (χ1) is 11.2. The molecule has 4 nitrogen and oxygen atoms in total. The number of benzene rings is 2. The number of rotatable bonds is 5. The molecule has 0 N–H and O–H groups in total. The van der Waals surface area contributed by atoms with Gasteiger partial charge in [-0.1, -0.05) is 11.6 Å². The van der Waals surface area contributed by atoms with Crippen LogP contribution in [-0.2, 0) is 10.1 Å². The average molecular weight is 369 g/mol. The second-order valence-corrected chi connectivity index (χ2v) is 7.62. The molecule has 0 unspecified atom stereocenters. The molecule has 0 atom stereocenters. The Kier molecular flexibility index (Phi) is 5.45. The molecule has 130 valence electrons. The fourth-order valence-electron chi connectivity index (χ4n) is 2.47. The normalized spacial score (nSPS) is 11.4. The third-order valence-corrected chi connectivity index (χ3v) is 5.64. The van der Waals surface area contributed by atoms with E-state index >= 15 is 0 Å². The van der Waals surface area contributed by atoms with Gasteiger partial charge in [-0.3, -0.25) is 0 Å². The Morgan fingerprint density at radius 3 is 2.04 bits per heavy atom. The molecule has 0 fully saturated rings. The van der Waals surface area contributed by atoms with E-state index in [4.69, 9.17) is 20.5 Å². The van der Waals surface area contributed by atoms with Crippen LogP contribution in [0, 0.1) is 27.7 Å². The summed E-state index contributed by atoms with van der Waals surface area (Å²) < 4.78 is 36.1. The van der Waals surface area contributed by atoms with Gasteiger partial charge in [0.2, 0.25) is 0 Å². The van der Waals surface area contributed by atoms with Crippen molar-refractivity contribution < 1.29 is 17.3 Å². The molecule has 0 radical (unpaired) electrons. The Hall–Kier alpha value is -1.72. The van der Waals surface area contributed by atoms with Gasteiger partial charge < -0.3 is 8.92 Å². The second-order valence-electron chi connectivity index (χ2n) is 5.72. The van der Waals surface area contributed by atoms with Crippen molar-refractivity contribution >= 4 is 21.7 Å². The molecule has 0 aliphatic heterocycles. The topological polar surface area (TPSA) is 52.6 Å². The van der Waals surface area contributed by atoms with E-state index in [2.05, 4.69) is 0 Å². The van der Waals surface area contributed by atoms with Gasteiger partial charge in [0, 0.05) is 5.02 Å². The Morgan fingerprint density at radius 1 is 0.917 bits per heavy atom. The molecule has 2 aromatic rings. The molecule has 0 aromatic heterocycles. The van der Waals surface area contributed by atoms with Crippen LogP contribution in [0.25, 0.3) is 0 Å². The van der Waals surface area contributed by atoms with Gasteiger partial charge in [-0.2, -0.15) is 8.42 Å². The zero-order valence-corrected chi connectivity index (χ0v) is 16.0. The van der Waals surface area contributed by atoms with Crippen molar-refractivity contribution in [3.63, 3.8) is 0 Å². The zero-order chi connectivity index (χ0) is 18.1. The number of halogens is 1.